The average molecular weight is 546 g/mol. The molecule has 0 aromatic heterocycles. The van der Waals surface area contributed by atoms with Crippen LogP contribution in [0.2, 0.25) is 0 Å². The molecule has 2 aliphatic rings. The number of nitrogens with zero attached hydrogens (tertiary/aromatic N) is 3. The number of hydrazone groups is 1. The molecule has 2 heterocycles. The zero-order chi connectivity index (χ0) is 28.2. The van der Waals surface area contributed by atoms with Crippen LogP contribution >= 0.6 is 0 Å². The summed E-state index contributed by atoms with van der Waals surface area (Å²) in [5.41, 5.74) is 4.45. The van der Waals surface area contributed by atoms with E-state index in [-0.39, 0.29) is 30.3 Å². The standard InChI is InChI=1S/C32H36FN3O4/c1-4-39-27-13-14-28(33)30(19-27)35-17-15-26(16-18-35)40-25-11-9-24(10-12-25)36-29(20-31(37)38)22(3)32(34-36)23-7-5-21(2)6-8-23/h5-14,19,22,26,29H,4,15-18,20H2,1-3H3,(H,37,38). The van der Waals surface area contributed by atoms with E-state index in [1.165, 1.54) is 6.07 Å². The van der Waals surface area contributed by atoms with Crippen LogP contribution in [0.25, 0.3) is 0 Å². The Balaban J connectivity index is 1.25. The molecule has 0 spiro atoms. The van der Waals surface area contributed by atoms with E-state index < -0.39 is 5.97 Å². The Bertz CT molecular complexity index is 1350. The summed E-state index contributed by atoms with van der Waals surface area (Å²) in [5.74, 6) is 0.281. The fourth-order valence-corrected chi connectivity index (χ4v) is 5.49. The van der Waals surface area contributed by atoms with Gasteiger partial charge in [-0.15, -0.1) is 0 Å². The molecule has 7 nitrogen and oxygen atoms in total. The molecular formula is C32H36FN3O4. The maximum absolute atomic E-state index is 14.5. The Morgan fingerprint density at radius 2 is 1.70 bits per heavy atom. The number of halogens is 1. The zero-order valence-electron chi connectivity index (χ0n) is 23.2. The van der Waals surface area contributed by atoms with Gasteiger partial charge in [0, 0.05) is 37.9 Å². The molecule has 1 N–H and O–H groups in total. The first kappa shape index (κ1) is 27.5. The van der Waals surface area contributed by atoms with Gasteiger partial charge in [-0.25, -0.2) is 4.39 Å². The van der Waals surface area contributed by atoms with Gasteiger partial charge in [-0.2, -0.15) is 5.10 Å². The quantitative estimate of drug-likeness (QED) is 0.341. The second-order valence-electron chi connectivity index (χ2n) is 10.5. The molecule has 5 rings (SSSR count). The van der Waals surface area contributed by atoms with Gasteiger partial charge in [0.15, 0.2) is 0 Å². The Kier molecular flexibility index (Phi) is 8.24. The van der Waals surface area contributed by atoms with E-state index in [1.807, 2.05) is 79.2 Å². The maximum atomic E-state index is 14.5. The van der Waals surface area contributed by atoms with Crippen molar-refractivity contribution < 1.29 is 23.8 Å². The van der Waals surface area contributed by atoms with Gasteiger partial charge >= 0.3 is 5.97 Å². The summed E-state index contributed by atoms with van der Waals surface area (Å²) < 4.78 is 26.3. The molecule has 3 aromatic rings. The zero-order valence-corrected chi connectivity index (χ0v) is 23.2. The highest BCUT2D eigenvalue weighted by molar-refractivity contribution is 6.05. The minimum absolute atomic E-state index is 0.00900. The minimum Gasteiger partial charge on any atom is -0.494 e. The number of anilines is 2. The molecule has 1 fully saturated rings. The smallest absolute Gasteiger partial charge is 0.305 e. The van der Waals surface area contributed by atoms with Crippen molar-refractivity contribution in [3.63, 3.8) is 0 Å². The minimum atomic E-state index is -0.849. The molecule has 0 saturated carbocycles. The van der Waals surface area contributed by atoms with E-state index in [4.69, 9.17) is 14.6 Å². The van der Waals surface area contributed by atoms with Crippen LogP contribution in [0.3, 0.4) is 0 Å². The van der Waals surface area contributed by atoms with Crippen LogP contribution in [0.5, 0.6) is 11.5 Å². The molecule has 40 heavy (non-hydrogen) atoms. The van der Waals surface area contributed by atoms with Crippen molar-refractivity contribution in [2.45, 2.75) is 52.2 Å². The Labute approximate surface area is 234 Å². The lowest BCUT2D eigenvalue weighted by Gasteiger charge is -2.34. The number of aliphatic carboxylic acids is 1. The summed E-state index contributed by atoms with van der Waals surface area (Å²) in [6.45, 7) is 7.90. The lowest BCUT2D eigenvalue weighted by molar-refractivity contribution is -0.137. The predicted molar refractivity (Wildman–Crippen MR) is 155 cm³/mol. The number of hydrogen-bond donors (Lipinski definition) is 1. The van der Waals surface area contributed by atoms with E-state index in [0.29, 0.717) is 31.1 Å². The van der Waals surface area contributed by atoms with Gasteiger partial charge in [0.1, 0.15) is 23.4 Å². The first-order valence-electron chi connectivity index (χ1n) is 13.9. The van der Waals surface area contributed by atoms with Crippen LogP contribution in [0.15, 0.2) is 71.8 Å². The number of rotatable bonds is 9. The number of aryl methyl sites for hydroxylation is 1. The number of piperidine rings is 1. The van der Waals surface area contributed by atoms with Crippen molar-refractivity contribution in [2.75, 3.05) is 29.6 Å². The topological polar surface area (TPSA) is 74.6 Å². The fraction of sp³-hybridized carbons (Fsp3) is 0.375. The molecule has 2 atom stereocenters. The van der Waals surface area contributed by atoms with Crippen LogP contribution in [-0.2, 0) is 4.79 Å². The van der Waals surface area contributed by atoms with Crippen LogP contribution in [-0.4, -0.2) is 48.6 Å². The highest BCUT2D eigenvalue weighted by atomic mass is 19.1. The molecule has 0 aliphatic carbocycles. The summed E-state index contributed by atoms with van der Waals surface area (Å²) in [6.07, 6.45) is 1.56. The summed E-state index contributed by atoms with van der Waals surface area (Å²) >= 11 is 0. The van der Waals surface area contributed by atoms with Gasteiger partial charge in [-0.05, 0) is 55.8 Å². The third kappa shape index (κ3) is 6.06. The number of carbonyl (C=O) groups is 1. The first-order valence-corrected chi connectivity index (χ1v) is 13.9. The van der Waals surface area contributed by atoms with E-state index in [2.05, 4.69) is 0 Å². The average Bonchev–Trinajstić information content (AvgIpc) is 3.26. The van der Waals surface area contributed by atoms with Crippen molar-refractivity contribution in [1.29, 1.82) is 0 Å². The van der Waals surface area contributed by atoms with Crippen molar-refractivity contribution in [1.82, 2.24) is 0 Å². The predicted octanol–water partition coefficient (Wildman–Crippen LogP) is 6.28. The summed E-state index contributed by atoms with van der Waals surface area (Å²) in [5, 5.41) is 16.3. The molecule has 2 unspecified atom stereocenters. The first-order chi connectivity index (χ1) is 19.3. The molecule has 1 saturated heterocycles. The van der Waals surface area contributed by atoms with E-state index in [1.54, 1.807) is 12.1 Å². The fourth-order valence-electron chi connectivity index (χ4n) is 5.49. The Morgan fingerprint density at radius 1 is 1.02 bits per heavy atom. The third-order valence-corrected chi connectivity index (χ3v) is 7.68. The lowest BCUT2D eigenvalue weighted by Crippen LogP contribution is -2.38. The van der Waals surface area contributed by atoms with Gasteiger partial charge in [0.2, 0.25) is 0 Å². The van der Waals surface area contributed by atoms with E-state index in [9.17, 15) is 14.3 Å². The molecule has 3 aromatic carbocycles. The molecule has 8 heteroatoms. The monoisotopic (exact) mass is 545 g/mol. The largest absolute Gasteiger partial charge is 0.494 e. The van der Waals surface area contributed by atoms with Gasteiger partial charge < -0.3 is 19.5 Å². The summed E-state index contributed by atoms with van der Waals surface area (Å²) in [7, 11) is 0. The van der Waals surface area contributed by atoms with Gasteiger partial charge in [-0.1, -0.05) is 36.8 Å². The van der Waals surface area contributed by atoms with E-state index in [0.717, 1.165) is 41.1 Å². The van der Waals surface area contributed by atoms with Crippen LogP contribution in [0.1, 0.15) is 44.2 Å². The third-order valence-electron chi connectivity index (χ3n) is 7.68. The number of ether oxygens (including phenoxy) is 2. The second-order valence-corrected chi connectivity index (χ2v) is 10.5. The summed E-state index contributed by atoms with van der Waals surface area (Å²) in [4.78, 5) is 13.7. The maximum Gasteiger partial charge on any atom is 0.305 e. The Hall–Kier alpha value is -4.07. The highest BCUT2D eigenvalue weighted by Gasteiger charge is 2.37. The number of benzene rings is 3. The second kappa shape index (κ2) is 12.0. The molecule has 0 radical (unpaired) electrons. The normalized spacial score (nSPS) is 19.4. The van der Waals surface area contributed by atoms with Crippen molar-refractivity contribution in [3.8, 4) is 11.5 Å². The lowest BCUT2D eigenvalue weighted by atomic mass is 9.90. The molecule has 0 amide bonds. The highest BCUT2D eigenvalue weighted by Crippen LogP contribution is 2.34. The van der Waals surface area contributed by atoms with Crippen molar-refractivity contribution in [3.05, 3.63) is 83.7 Å². The van der Waals surface area contributed by atoms with Crippen LogP contribution < -0.4 is 19.4 Å². The van der Waals surface area contributed by atoms with Crippen LogP contribution in [0, 0.1) is 18.7 Å². The molecule has 2 aliphatic heterocycles. The number of carboxylic acids is 1. The van der Waals surface area contributed by atoms with Gasteiger partial charge in [0.05, 0.1) is 36.2 Å². The van der Waals surface area contributed by atoms with Crippen molar-refractivity contribution in [2.24, 2.45) is 11.0 Å². The summed E-state index contributed by atoms with van der Waals surface area (Å²) in [6, 6.07) is 20.5. The Morgan fingerprint density at radius 3 is 2.35 bits per heavy atom. The SMILES string of the molecule is CCOc1ccc(F)c(N2CCC(Oc3ccc(N4N=C(c5ccc(C)cc5)C(C)C4CC(=O)O)cc3)CC2)c1. The van der Waals surface area contributed by atoms with Crippen LogP contribution in [0.4, 0.5) is 15.8 Å². The van der Waals surface area contributed by atoms with Crippen molar-refractivity contribution >= 4 is 23.1 Å². The van der Waals surface area contributed by atoms with Gasteiger partial charge in [0.25, 0.3) is 0 Å². The molecular weight excluding hydrogens is 509 g/mol. The number of carboxylic acid groups (broad SMARTS) is 1. The molecule has 210 valence electrons. The number of hydrogen-bond acceptors (Lipinski definition) is 6. The van der Waals surface area contributed by atoms with E-state index >= 15 is 0 Å². The van der Waals surface area contributed by atoms with Gasteiger partial charge in [-0.3, -0.25) is 9.80 Å². The molecule has 0 bridgehead atoms.